The van der Waals surface area contributed by atoms with E-state index in [9.17, 15) is 18.3 Å². The van der Waals surface area contributed by atoms with Gasteiger partial charge in [-0.3, -0.25) is 0 Å². The van der Waals surface area contributed by atoms with Gasteiger partial charge in [-0.2, -0.15) is 0 Å². The molecule has 0 radical (unpaired) electrons. The molecular formula is C12H16F3NO2. The fraction of sp³-hybridized carbons (Fsp3) is 0.500. The Balaban J connectivity index is 2.59. The van der Waals surface area contributed by atoms with Crippen molar-refractivity contribution in [2.75, 3.05) is 6.54 Å². The summed E-state index contributed by atoms with van der Waals surface area (Å²) >= 11 is 0. The zero-order chi connectivity index (χ0) is 13.6. The first-order valence-electron chi connectivity index (χ1n) is 5.65. The van der Waals surface area contributed by atoms with Gasteiger partial charge in [0.2, 0.25) is 0 Å². The van der Waals surface area contributed by atoms with E-state index in [2.05, 4.69) is 10.1 Å². The molecule has 18 heavy (non-hydrogen) atoms. The molecule has 1 aromatic carbocycles. The van der Waals surface area contributed by atoms with Crippen LogP contribution in [-0.2, 0) is 6.54 Å². The monoisotopic (exact) mass is 263 g/mol. The molecule has 0 heterocycles. The van der Waals surface area contributed by atoms with E-state index in [1.807, 2.05) is 6.92 Å². The average Bonchev–Trinajstić information content (AvgIpc) is 2.29. The number of hydrogen-bond donors (Lipinski definition) is 2. The molecule has 1 unspecified atom stereocenters. The lowest BCUT2D eigenvalue weighted by Gasteiger charge is -2.14. The third kappa shape index (κ3) is 5.37. The maximum absolute atomic E-state index is 12.1. The number of aliphatic hydroxyl groups excluding tert-OH is 1. The molecule has 102 valence electrons. The smallest absolute Gasteiger partial charge is 0.405 e. The second kappa shape index (κ2) is 6.61. The molecule has 0 saturated heterocycles. The van der Waals surface area contributed by atoms with Crippen molar-refractivity contribution < 1.29 is 23.0 Å². The highest BCUT2D eigenvalue weighted by Gasteiger charge is 2.31. The first kappa shape index (κ1) is 14.8. The summed E-state index contributed by atoms with van der Waals surface area (Å²) in [5.74, 6) is -0.219. The molecule has 0 aliphatic heterocycles. The number of para-hydroxylation sites is 1. The molecule has 1 atom stereocenters. The average molecular weight is 263 g/mol. The standard InChI is InChI=1S/C12H16F3NO2/c1-2-10(17)8-16-7-9-5-3-4-6-11(9)18-12(13,14)15/h3-6,10,16-17H,2,7-8H2,1H3. The van der Waals surface area contributed by atoms with Gasteiger partial charge in [-0.1, -0.05) is 25.1 Å². The van der Waals surface area contributed by atoms with Crippen LogP contribution >= 0.6 is 0 Å². The van der Waals surface area contributed by atoms with Crippen LogP contribution in [0.3, 0.4) is 0 Å². The molecule has 0 aliphatic rings. The predicted molar refractivity (Wildman–Crippen MR) is 61.1 cm³/mol. The molecule has 2 N–H and O–H groups in total. The molecule has 1 aromatic rings. The van der Waals surface area contributed by atoms with Crippen LogP contribution in [0.2, 0.25) is 0 Å². The number of nitrogens with one attached hydrogen (secondary N) is 1. The third-order valence-electron chi connectivity index (χ3n) is 2.36. The minimum atomic E-state index is -4.70. The number of alkyl halides is 3. The van der Waals surface area contributed by atoms with Gasteiger partial charge in [0, 0.05) is 18.7 Å². The van der Waals surface area contributed by atoms with Crippen molar-refractivity contribution in [1.82, 2.24) is 5.32 Å². The molecule has 0 bridgehead atoms. The van der Waals surface area contributed by atoms with Gasteiger partial charge in [0.1, 0.15) is 5.75 Å². The Morgan fingerprint density at radius 2 is 2.00 bits per heavy atom. The van der Waals surface area contributed by atoms with Crippen LogP contribution in [0.15, 0.2) is 24.3 Å². The van der Waals surface area contributed by atoms with Crippen LogP contribution < -0.4 is 10.1 Å². The Bertz CT molecular complexity index is 369. The SMILES string of the molecule is CCC(O)CNCc1ccccc1OC(F)(F)F. The first-order valence-corrected chi connectivity index (χ1v) is 5.65. The predicted octanol–water partition coefficient (Wildman–Crippen LogP) is 2.45. The lowest BCUT2D eigenvalue weighted by atomic mass is 10.2. The van der Waals surface area contributed by atoms with Gasteiger partial charge >= 0.3 is 6.36 Å². The van der Waals surface area contributed by atoms with Crippen LogP contribution in [0.5, 0.6) is 5.75 Å². The summed E-state index contributed by atoms with van der Waals surface area (Å²) in [5, 5.41) is 12.2. The number of aliphatic hydroxyl groups is 1. The Morgan fingerprint density at radius 3 is 2.61 bits per heavy atom. The molecule has 1 rings (SSSR count). The van der Waals surface area contributed by atoms with Crippen LogP contribution in [0.1, 0.15) is 18.9 Å². The molecule has 0 spiro atoms. The van der Waals surface area contributed by atoms with Gasteiger partial charge in [0.15, 0.2) is 0 Å². The van der Waals surface area contributed by atoms with E-state index in [0.29, 0.717) is 18.5 Å². The lowest BCUT2D eigenvalue weighted by molar-refractivity contribution is -0.274. The van der Waals surface area contributed by atoms with E-state index in [-0.39, 0.29) is 12.3 Å². The van der Waals surface area contributed by atoms with Gasteiger partial charge in [-0.05, 0) is 12.5 Å². The van der Waals surface area contributed by atoms with Crippen molar-refractivity contribution in [3.8, 4) is 5.75 Å². The van der Waals surface area contributed by atoms with Crippen molar-refractivity contribution in [2.45, 2.75) is 32.4 Å². The molecule has 6 heteroatoms. The van der Waals surface area contributed by atoms with Crippen molar-refractivity contribution in [1.29, 1.82) is 0 Å². The van der Waals surface area contributed by atoms with E-state index >= 15 is 0 Å². The Morgan fingerprint density at radius 1 is 1.33 bits per heavy atom. The zero-order valence-electron chi connectivity index (χ0n) is 10.00. The summed E-state index contributed by atoms with van der Waals surface area (Å²) in [6, 6.07) is 5.93. The molecule has 0 aromatic heterocycles. The second-order valence-electron chi connectivity index (χ2n) is 3.85. The fourth-order valence-electron chi connectivity index (χ4n) is 1.39. The van der Waals surface area contributed by atoms with E-state index in [1.54, 1.807) is 12.1 Å². The maximum atomic E-state index is 12.1. The highest BCUT2D eigenvalue weighted by Crippen LogP contribution is 2.25. The number of halogens is 3. The quantitative estimate of drug-likeness (QED) is 0.828. The summed E-state index contributed by atoms with van der Waals surface area (Å²) in [6.07, 6.45) is -4.60. The second-order valence-corrected chi connectivity index (χ2v) is 3.85. The van der Waals surface area contributed by atoms with Gasteiger partial charge in [0.25, 0.3) is 0 Å². The summed E-state index contributed by atoms with van der Waals surface area (Å²) in [5.41, 5.74) is 0.401. The normalized spacial score (nSPS) is 13.4. The van der Waals surface area contributed by atoms with E-state index in [0.717, 1.165) is 0 Å². The van der Waals surface area contributed by atoms with E-state index in [1.165, 1.54) is 12.1 Å². The fourth-order valence-corrected chi connectivity index (χ4v) is 1.39. The summed E-state index contributed by atoms with van der Waals surface area (Å²) in [4.78, 5) is 0. The number of ether oxygens (including phenoxy) is 1. The number of hydrogen-bond acceptors (Lipinski definition) is 3. The Hall–Kier alpha value is -1.27. The number of rotatable bonds is 6. The first-order chi connectivity index (χ1) is 8.42. The Labute approximate surface area is 104 Å². The van der Waals surface area contributed by atoms with E-state index < -0.39 is 12.5 Å². The summed E-state index contributed by atoms with van der Waals surface area (Å²) in [6.45, 7) is 2.37. The van der Waals surface area contributed by atoms with Crippen LogP contribution in [-0.4, -0.2) is 24.1 Å². The lowest BCUT2D eigenvalue weighted by Crippen LogP contribution is -2.26. The van der Waals surface area contributed by atoms with Gasteiger partial charge in [-0.25, -0.2) is 0 Å². The van der Waals surface area contributed by atoms with Crippen LogP contribution in [0.25, 0.3) is 0 Å². The minimum absolute atomic E-state index is 0.212. The number of benzene rings is 1. The zero-order valence-corrected chi connectivity index (χ0v) is 10.00. The van der Waals surface area contributed by atoms with Crippen LogP contribution in [0, 0.1) is 0 Å². The van der Waals surface area contributed by atoms with E-state index in [4.69, 9.17) is 0 Å². The molecule has 0 saturated carbocycles. The Kier molecular flexibility index (Phi) is 5.43. The maximum Gasteiger partial charge on any atom is 0.573 e. The summed E-state index contributed by atoms with van der Waals surface area (Å²) < 4.78 is 40.3. The van der Waals surface area contributed by atoms with Gasteiger partial charge in [0.05, 0.1) is 6.10 Å². The van der Waals surface area contributed by atoms with Crippen molar-refractivity contribution >= 4 is 0 Å². The largest absolute Gasteiger partial charge is 0.573 e. The molecule has 0 aliphatic carbocycles. The molecule has 0 amide bonds. The van der Waals surface area contributed by atoms with Gasteiger partial charge in [-0.15, -0.1) is 13.2 Å². The van der Waals surface area contributed by atoms with Crippen molar-refractivity contribution in [3.05, 3.63) is 29.8 Å². The van der Waals surface area contributed by atoms with Crippen molar-refractivity contribution in [2.24, 2.45) is 0 Å². The minimum Gasteiger partial charge on any atom is -0.405 e. The molecule has 0 fully saturated rings. The molecular weight excluding hydrogens is 247 g/mol. The summed E-state index contributed by atoms with van der Waals surface area (Å²) in [7, 11) is 0. The molecule has 3 nitrogen and oxygen atoms in total. The highest BCUT2D eigenvalue weighted by molar-refractivity contribution is 5.33. The van der Waals surface area contributed by atoms with Crippen molar-refractivity contribution in [3.63, 3.8) is 0 Å². The topological polar surface area (TPSA) is 41.5 Å². The third-order valence-corrected chi connectivity index (χ3v) is 2.36. The highest BCUT2D eigenvalue weighted by atomic mass is 19.4. The van der Waals surface area contributed by atoms with Gasteiger partial charge < -0.3 is 15.2 Å². The van der Waals surface area contributed by atoms with Crippen LogP contribution in [0.4, 0.5) is 13.2 Å².